The van der Waals surface area contributed by atoms with Crippen LogP contribution in [0.1, 0.15) is 59.8 Å². The van der Waals surface area contributed by atoms with Gasteiger partial charge in [0.1, 0.15) is 5.54 Å². The molecule has 1 fully saturated rings. The summed E-state index contributed by atoms with van der Waals surface area (Å²) in [5, 5.41) is 12.7. The van der Waals surface area contributed by atoms with Gasteiger partial charge in [-0.2, -0.15) is 5.26 Å². The normalized spacial score (nSPS) is 20.8. The maximum atomic E-state index is 9.32. The zero-order chi connectivity index (χ0) is 15.0. The van der Waals surface area contributed by atoms with Crippen LogP contribution in [0.3, 0.4) is 0 Å². The van der Waals surface area contributed by atoms with Crippen LogP contribution in [0.25, 0.3) is 0 Å². The van der Waals surface area contributed by atoms with Crippen LogP contribution in [-0.4, -0.2) is 36.6 Å². The van der Waals surface area contributed by atoms with Crippen molar-refractivity contribution in [2.45, 2.75) is 65.3 Å². The molecule has 0 aromatic carbocycles. The molecule has 0 bridgehead atoms. The molecule has 1 heterocycles. The average molecular weight is 279 g/mol. The molecule has 0 aromatic rings. The molecule has 1 aliphatic heterocycles. The Kier molecular flexibility index (Phi) is 7.55. The number of hydrogen-bond acceptors (Lipinski definition) is 3. The van der Waals surface area contributed by atoms with E-state index in [2.05, 4.69) is 37.1 Å². The SMILES string of the molecule is CCCNC(C)(C#N)CCCN1CCC(C(C)C)CC1. The highest BCUT2D eigenvalue weighted by Crippen LogP contribution is 2.24. The molecule has 0 aromatic heterocycles. The average Bonchev–Trinajstić information content (AvgIpc) is 2.45. The van der Waals surface area contributed by atoms with Gasteiger partial charge in [-0.3, -0.25) is 5.32 Å². The van der Waals surface area contributed by atoms with Crippen molar-refractivity contribution in [1.29, 1.82) is 5.26 Å². The summed E-state index contributed by atoms with van der Waals surface area (Å²) in [5.74, 6) is 1.75. The summed E-state index contributed by atoms with van der Waals surface area (Å²) in [6.07, 6.45) is 5.85. The van der Waals surface area contributed by atoms with Crippen LogP contribution < -0.4 is 5.32 Å². The summed E-state index contributed by atoms with van der Waals surface area (Å²) in [6.45, 7) is 13.4. The summed E-state index contributed by atoms with van der Waals surface area (Å²) in [6, 6.07) is 2.44. The molecule has 1 rings (SSSR count). The number of hydrogen-bond donors (Lipinski definition) is 1. The quantitative estimate of drug-likeness (QED) is 0.740. The second-order valence-electron chi connectivity index (χ2n) is 6.90. The second kappa shape index (κ2) is 8.64. The Morgan fingerprint density at radius 1 is 1.35 bits per heavy atom. The molecular formula is C17H33N3. The number of piperidine rings is 1. The van der Waals surface area contributed by atoms with Gasteiger partial charge in [0, 0.05) is 0 Å². The monoisotopic (exact) mass is 279 g/mol. The minimum Gasteiger partial charge on any atom is -0.303 e. The Morgan fingerprint density at radius 2 is 2.00 bits per heavy atom. The van der Waals surface area contributed by atoms with Crippen molar-refractivity contribution in [3.05, 3.63) is 0 Å². The van der Waals surface area contributed by atoms with Gasteiger partial charge >= 0.3 is 0 Å². The molecule has 1 unspecified atom stereocenters. The molecule has 1 aliphatic rings. The van der Waals surface area contributed by atoms with E-state index in [1.54, 1.807) is 0 Å². The zero-order valence-electron chi connectivity index (χ0n) is 13.9. The van der Waals surface area contributed by atoms with Crippen LogP contribution in [0.4, 0.5) is 0 Å². The molecule has 116 valence electrons. The van der Waals surface area contributed by atoms with Crippen LogP contribution in [0.5, 0.6) is 0 Å². The van der Waals surface area contributed by atoms with Crippen LogP contribution in [0.2, 0.25) is 0 Å². The first-order valence-electron chi connectivity index (χ1n) is 8.39. The summed E-state index contributed by atoms with van der Waals surface area (Å²) >= 11 is 0. The fourth-order valence-electron chi connectivity index (χ4n) is 3.08. The number of nitrogens with one attached hydrogen (secondary N) is 1. The van der Waals surface area contributed by atoms with Gasteiger partial charge in [0.25, 0.3) is 0 Å². The molecule has 1 N–H and O–H groups in total. The first-order valence-corrected chi connectivity index (χ1v) is 8.39. The zero-order valence-corrected chi connectivity index (χ0v) is 13.9. The molecule has 1 atom stereocenters. The lowest BCUT2D eigenvalue weighted by molar-refractivity contribution is 0.153. The van der Waals surface area contributed by atoms with Gasteiger partial charge in [-0.1, -0.05) is 20.8 Å². The maximum Gasteiger partial charge on any atom is 0.103 e. The number of rotatable bonds is 8. The van der Waals surface area contributed by atoms with Gasteiger partial charge in [-0.05, 0) is 77.0 Å². The van der Waals surface area contributed by atoms with Gasteiger partial charge in [0.15, 0.2) is 0 Å². The lowest BCUT2D eigenvalue weighted by Crippen LogP contribution is -2.42. The van der Waals surface area contributed by atoms with E-state index in [9.17, 15) is 5.26 Å². The van der Waals surface area contributed by atoms with E-state index in [1.807, 2.05) is 6.92 Å². The highest BCUT2D eigenvalue weighted by atomic mass is 15.1. The van der Waals surface area contributed by atoms with E-state index in [-0.39, 0.29) is 5.54 Å². The predicted molar refractivity (Wildman–Crippen MR) is 85.5 cm³/mol. The summed E-state index contributed by atoms with van der Waals surface area (Å²) in [5.41, 5.74) is -0.341. The number of likely N-dealkylation sites (tertiary alicyclic amines) is 1. The van der Waals surface area contributed by atoms with Gasteiger partial charge in [0.2, 0.25) is 0 Å². The minimum absolute atomic E-state index is 0.341. The Morgan fingerprint density at radius 3 is 2.50 bits per heavy atom. The largest absolute Gasteiger partial charge is 0.303 e. The Bertz CT molecular complexity index is 300. The van der Waals surface area contributed by atoms with Crippen molar-refractivity contribution in [3.63, 3.8) is 0 Å². The van der Waals surface area contributed by atoms with Crippen molar-refractivity contribution in [2.24, 2.45) is 11.8 Å². The maximum absolute atomic E-state index is 9.32. The third-order valence-corrected chi connectivity index (χ3v) is 4.74. The molecular weight excluding hydrogens is 246 g/mol. The Balaban J connectivity index is 2.23. The molecule has 0 saturated carbocycles. The summed E-state index contributed by atoms with van der Waals surface area (Å²) in [4.78, 5) is 2.58. The second-order valence-corrected chi connectivity index (χ2v) is 6.90. The summed E-state index contributed by atoms with van der Waals surface area (Å²) in [7, 11) is 0. The van der Waals surface area contributed by atoms with E-state index < -0.39 is 0 Å². The molecule has 20 heavy (non-hydrogen) atoms. The standard InChI is InChI=1S/C17H33N3/c1-5-10-19-17(4,14-18)9-6-11-20-12-7-16(8-13-20)15(2)3/h15-16,19H,5-13H2,1-4H3. The predicted octanol–water partition coefficient (Wildman–Crippen LogP) is 3.42. The van der Waals surface area contributed by atoms with Crippen molar-refractivity contribution < 1.29 is 0 Å². The molecule has 3 nitrogen and oxygen atoms in total. The highest BCUT2D eigenvalue weighted by molar-refractivity contribution is 5.03. The number of nitriles is 1. The molecule has 1 saturated heterocycles. The van der Waals surface area contributed by atoms with Gasteiger partial charge < -0.3 is 4.90 Å². The fourth-order valence-corrected chi connectivity index (χ4v) is 3.08. The summed E-state index contributed by atoms with van der Waals surface area (Å²) < 4.78 is 0. The van der Waals surface area contributed by atoms with Crippen molar-refractivity contribution in [3.8, 4) is 6.07 Å². The van der Waals surface area contributed by atoms with E-state index >= 15 is 0 Å². The van der Waals surface area contributed by atoms with Crippen LogP contribution in [-0.2, 0) is 0 Å². The van der Waals surface area contributed by atoms with Crippen molar-refractivity contribution >= 4 is 0 Å². The molecule has 0 amide bonds. The van der Waals surface area contributed by atoms with Gasteiger partial charge in [-0.15, -0.1) is 0 Å². The van der Waals surface area contributed by atoms with E-state index in [0.717, 1.165) is 44.2 Å². The molecule has 0 spiro atoms. The topological polar surface area (TPSA) is 39.1 Å². The number of nitrogens with zero attached hydrogens (tertiary/aromatic N) is 2. The van der Waals surface area contributed by atoms with Crippen LogP contribution in [0, 0.1) is 23.2 Å². The Labute approximate surface area is 125 Å². The van der Waals surface area contributed by atoms with Gasteiger partial charge in [0.05, 0.1) is 6.07 Å². The third kappa shape index (κ3) is 5.81. The third-order valence-electron chi connectivity index (χ3n) is 4.74. The smallest absolute Gasteiger partial charge is 0.103 e. The molecule has 3 heteroatoms. The van der Waals surface area contributed by atoms with E-state index in [4.69, 9.17) is 0 Å². The van der Waals surface area contributed by atoms with Crippen LogP contribution >= 0.6 is 0 Å². The van der Waals surface area contributed by atoms with Gasteiger partial charge in [-0.25, -0.2) is 0 Å². The van der Waals surface area contributed by atoms with Crippen molar-refractivity contribution in [2.75, 3.05) is 26.2 Å². The molecule has 0 aliphatic carbocycles. The van der Waals surface area contributed by atoms with Crippen molar-refractivity contribution in [1.82, 2.24) is 10.2 Å². The molecule has 0 radical (unpaired) electrons. The Hall–Kier alpha value is -0.590. The fraction of sp³-hybridized carbons (Fsp3) is 0.941. The van der Waals surface area contributed by atoms with E-state index in [0.29, 0.717) is 0 Å². The lowest BCUT2D eigenvalue weighted by atomic mass is 9.86. The minimum atomic E-state index is -0.341. The van der Waals surface area contributed by atoms with Crippen LogP contribution in [0.15, 0.2) is 0 Å². The van der Waals surface area contributed by atoms with E-state index in [1.165, 1.54) is 25.9 Å². The first kappa shape index (κ1) is 17.5. The first-order chi connectivity index (χ1) is 9.50. The highest BCUT2D eigenvalue weighted by Gasteiger charge is 2.24. The lowest BCUT2D eigenvalue weighted by Gasteiger charge is -2.34.